The first-order valence-electron chi connectivity index (χ1n) is 8.60. The highest BCUT2D eigenvalue weighted by molar-refractivity contribution is 7.12. The van der Waals surface area contributed by atoms with E-state index in [1.54, 1.807) is 31.2 Å². The summed E-state index contributed by atoms with van der Waals surface area (Å²) in [7, 11) is 0. The van der Waals surface area contributed by atoms with Crippen molar-refractivity contribution in [1.82, 2.24) is 14.8 Å². The van der Waals surface area contributed by atoms with E-state index in [-0.39, 0.29) is 17.9 Å². The van der Waals surface area contributed by atoms with E-state index in [4.69, 9.17) is 0 Å². The molecule has 140 valence electrons. The zero-order valence-corrected chi connectivity index (χ0v) is 15.8. The van der Waals surface area contributed by atoms with Gasteiger partial charge in [-0.05, 0) is 24.6 Å². The van der Waals surface area contributed by atoms with Gasteiger partial charge in [-0.3, -0.25) is 9.89 Å². The van der Waals surface area contributed by atoms with Gasteiger partial charge in [-0.25, -0.2) is 4.98 Å². The molecule has 0 atom stereocenters. The maximum Gasteiger partial charge on any atom is 0.301 e. The molecular formula is C20H17N5O2S. The number of azo groups is 1. The maximum absolute atomic E-state index is 12.8. The van der Waals surface area contributed by atoms with Gasteiger partial charge in [0.05, 0.1) is 23.7 Å². The summed E-state index contributed by atoms with van der Waals surface area (Å²) in [6, 6.07) is 16.8. The predicted molar refractivity (Wildman–Crippen MR) is 109 cm³/mol. The van der Waals surface area contributed by atoms with Gasteiger partial charge in [0.1, 0.15) is 0 Å². The molecule has 0 aliphatic rings. The van der Waals surface area contributed by atoms with Crippen LogP contribution < -0.4 is 5.56 Å². The van der Waals surface area contributed by atoms with Crippen molar-refractivity contribution in [3.63, 3.8) is 0 Å². The van der Waals surface area contributed by atoms with Crippen LogP contribution in [0.4, 0.5) is 11.4 Å². The molecule has 2 aromatic carbocycles. The van der Waals surface area contributed by atoms with Crippen molar-refractivity contribution in [3.05, 3.63) is 81.6 Å². The van der Waals surface area contributed by atoms with Gasteiger partial charge in [-0.2, -0.15) is 9.80 Å². The molecule has 0 radical (unpaired) electrons. The third-order valence-corrected chi connectivity index (χ3v) is 4.98. The Labute approximate surface area is 164 Å². The number of hydrogen-bond donors (Lipinski definition) is 2. The monoisotopic (exact) mass is 391 g/mol. The van der Waals surface area contributed by atoms with Crippen LogP contribution in [0.25, 0.3) is 16.4 Å². The van der Waals surface area contributed by atoms with Gasteiger partial charge >= 0.3 is 5.56 Å². The number of aromatic nitrogens is 3. The van der Waals surface area contributed by atoms with E-state index < -0.39 is 0 Å². The summed E-state index contributed by atoms with van der Waals surface area (Å²) in [6.07, 6.45) is 0. The fourth-order valence-electron chi connectivity index (χ4n) is 2.72. The normalized spacial score (nSPS) is 11.4. The standard InChI is InChI=1S/C20H17N5O2S/c1-13-18(23-22-16-9-5-6-14(10-16)11-26)19(27)25(24-13)20-21-17(12-28-20)15-7-3-2-4-8-15/h2-10,12,24,26H,11H2,1H3. The molecular weight excluding hydrogens is 374 g/mol. The number of H-pyrrole nitrogens is 1. The van der Waals surface area contributed by atoms with Crippen molar-refractivity contribution in [2.45, 2.75) is 13.5 Å². The molecule has 0 aliphatic carbocycles. The largest absolute Gasteiger partial charge is 0.392 e. The minimum atomic E-state index is -0.312. The van der Waals surface area contributed by atoms with Gasteiger partial charge < -0.3 is 5.11 Å². The lowest BCUT2D eigenvalue weighted by atomic mass is 10.2. The zero-order valence-electron chi connectivity index (χ0n) is 15.0. The van der Waals surface area contributed by atoms with Crippen molar-refractivity contribution in [2.75, 3.05) is 0 Å². The third kappa shape index (κ3) is 3.55. The predicted octanol–water partition coefficient (Wildman–Crippen LogP) is 4.51. The number of rotatable bonds is 5. The molecule has 0 spiro atoms. The zero-order chi connectivity index (χ0) is 19.5. The lowest BCUT2D eigenvalue weighted by Gasteiger charge is -1.96. The van der Waals surface area contributed by atoms with Crippen LogP contribution >= 0.6 is 11.3 Å². The Morgan fingerprint density at radius 2 is 1.96 bits per heavy atom. The number of nitrogens with one attached hydrogen (secondary N) is 1. The van der Waals surface area contributed by atoms with Gasteiger partial charge in [0.2, 0.25) is 5.13 Å². The Bertz CT molecular complexity index is 1190. The van der Waals surface area contributed by atoms with Crippen molar-refractivity contribution in [3.8, 4) is 16.4 Å². The number of benzene rings is 2. The van der Waals surface area contributed by atoms with Crippen LogP contribution in [0.3, 0.4) is 0 Å². The second-order valence-corrected chi connectivity index (χ2v) is 6.97. The van der Waals surface area contributed by atoms with Crippen LogP contribution in [0.1, 0.15) is 11.3 Å². The van der Waals surface area contributed by atoms with E-state index in [0.717, 1.165) is 16.8 Å². The van der Waals surface area contributed by atoms with Gasteiger partial charge in [0, 0.05) is 10.9 Å². The molecule has 0 fully saturated rings. The summed E-state index contributed by atoms with van der Waals surface area (Å²) < 4.78 is 1.38. The molecule has 0 amide bonds. The number of aliphatic hydroxyl groups is 1. The van der Waals surface area contributed by atoms with Crippen LogP contribution in [0.5, 0.6) is 0 Å². The third-order valence-electron chi connectivity index (χ3n) is 4.15. The van der Waals surface area contributed by atoms with Gasteiger partial charge in [0.15, 0.2) is 5.69 Å². The molecule has 4 rings (SSSR count). The van der Waals surface area contributed by atoms with Crippen LogP contribution in [0.2, 0.25) is 0 Å². The summed E-state index contributed by atoms with van der Waals surface area (Å²) in [6.45, 7) is 1.69. The Balaban J connectivity index is 1.66. The second kappa shape index (κ2) is 7.71. The van der Waals surface area contributed by atoms with E-state index in [2.05, 4.69) is 20.3 Å². The highest BCUT2D eigenvalue weighted by atomic mass is 32.1. The molecule has 0 aliphatic heterocycles. The quantitative estimate of drug-likeness (QED) is 0.490. The van der Waals surface area contributed by atoms with Crippen LogP contribution in [0, 0.1) is 6.92 Å². The van der Waals surface area contributed by atoms with Crippen LogP contribution in [-0.4, -0.2) is 19.9 Å². The van der Waals surface area contributed by atoms with E-state index in [0.29, 0.717) is 16.5 Å². The minimum Gasteiger partial charge on any atom is -0.392 e. The molecule has 0 unspecified atom stereocenters. The molecule has 0 saturated heterocycles. The average Bonchev–Trinajstić information content (AvgIpc) is 3.32. The summed E-state index contributed by atoms with van der Waals surface area (Å²) in [4.78, 5) is 17.3. The van der Waals surface area contributed by atoms with Crippen LogP contribution in [-0.2, 0) is 6.61 Å². The van der Waals surface area contributed by atoms with E-state index in [1.165, 1.54) is 16.0 Å². The first-order chi connectivity index (χ1) is 13.7. The van der Waals surface area contributed by atoms with Crippen molar-refractivity contribution < 1.29 is 5.11 Å². The first kappa shape index (κ1) is 18.0. The number of hydrogen-bond acceptors (Lipinski definition) is 6. The van der Waals surface area contributed by atoms with Crippen LogP contribution in [0.15, 0.2) is 75.0 Å². The van der Waals surface area contributed by atoms with Crippen molar-refractivity contribution >= 4 is 22.7 Å². The summed E-state index contributed by atoms with van der Waals surface area (Å²) >= 11 is 1.37. The van der Waals surface area contributed by atoms with E-state index in [1.807, 2.05) is 35.7 Å². The number of aryl methyl sites for hydroxylation is 1. The SMILES string of the molecule is Cc1[nH]n(-c2nc(-c3ccccc3)cs2)c(=O)c1N=Nc1cccc(CO)c1. The Hall–Kier alpha value is -3.36. The Morgan fingerprint density at radius 3 is 2.75 bits per heavy atom. The van der Waals surface area contributed by atoms with Crippen molar-refractivity contribution in [2.24, 2.45) is 10.2 Å². The Kier molecular flexibility index (Phi) is 4.96. The second-order valence-electron chi connectivity index (χ2n) is 6.14. The minimum absolute atomic E-state index is 0.0762. The van der Waals surface area contributed by atoms with Gasteiger partial charge in [-0.15, -0.1) is 16.5 Å². The molecule has 4 aromatic rings. The number of nitrogens with zero attached hydrogens (tertiary/aromatic N) is 4. The smallest absolute Gasteiger partial charge is 0.301 e. The Morgan fingerprint density at radius 1 is 1.14 bits per heavy atom. The van der Waals surface area contributed by atoms with Crippen molar-refractivity contribution in [1.29, 1.82) is 0 Å². The summed E-state index contributed by atoms with van der Waals surface area (Å²) in [5.74, 6) is 0. The fourth-order valence-corrected chi connectivity index (χ4v) is 3.51. The summed E-state index contributed by atoms with van der Waals surface area (Å²) in [5, 5.41) is 22.9. The highest BCUT2D eigenvalue weighted by Crippen LogP contribution is 2.24. The topological polar surface area (TPSA) is 95.6 Å². The molecule has 0 bridgehead atoms. The highest BCUT2D eigenvalue weighted by Gasteiger charge is 2.15. The van der Waals surface area contributed by atoms with Gasteiger partial charge in [-0.1, -0.05) is 42.5 Å². The summed E-state index contributed by atoms with van der Waals surface area (Å²) in [5.41, 5.74) is 3.62. The molecule has 2 aromatic heterocycles. The molecule has 7 nitrogen and oxygen atoms in total. The molecule has 28 heavy (non-hydrogen) atoms. The molecule has 2 N–H and O–H groups in total. The molecule has 8 heteroatoms. The lowest BCUT2D eigenvalue weighted by molar-refractivity contribution is 0.282. The van der Waals surface area contributed by atoms with E-state index >= 15 is 0 Å². The number of aliphatic hydroxyl groups excluding tert-OH is 1. The first-order valence-corrected chi connectivity index (χ1v) is 9.48. The average molecular weight is 391 g/mol. The molecule has 2 heterocycles. The number of aromatic amines is 1. The lowest BCUT2D eigenvalue weighted by Crippen LogP contribution is -2.13. The molecule has 0 saturated carbocycles. The van der Waals surface area contributed by atoms with Gasteiger partial charge in [0.25, 0.3) is 0 Å². The maximum atomic E-state index is 12.8. The number of thiazole rings is 1. The van der Waals surface area contributed by atoms with E-state index in [9.17, 15) is 9.90 Å². The fraction of sp³-hybridized carbons (Fsp3) is 0.100.